The largest absolute Gasteiger partial charge is 0.244 e. The first-order chi connectivity index (χ1) is 5.11. The van der Waals surface area contributed by atoms with Gasteiger partial charge in [-0.1, -0.05) is 25.7 Å². The van der Waals surface area contributed by atoms with Crippen LogP contribution in [0.15, 0.2) is 0 Å². The normalized spacial score (nSPS) is 23.2. The predicted molar refractivity (Wildman–Crippen MR) is 46.4 cm³/mol. The summed E-state index contributed by atoms with van der Waals surface area (Å²) in [4.78, 5) is 0. The lowest BCUT2D eigenvalue weighted by molar-refractivity contribution is 0.112. The summed E-state index contributed by atoms with van der Waals surface area (Å²) in [6.45, 7) is 3.45. The van der Waals surface area contributed by atoms with E-state index < -0.39 is 5.67 Å². The fourth-order valence-corrected chi connectivity index (χ4v) is 1.97. The number of rotatable bonds is 1. The van der Waals surface area contributed by atoms with Crippen LogP contribution in [0.3, 0.4) is 0 Å². The van der Waals surface area contributed by atoms with Gasteiger partial charge >= 0.3 is 0 Å². The summed E-state index contributed by atoms with van der Waals surface area (Å²) in [7, 11) is 0. The van der Waals surface area contributed by atoms with Crippen LogP contribution >= 0.6 is 0 Å². The van der Waals surface area contributed by atoms with Crippen LogP contribution in [0.1, 0.15) is 52.4 Å². The van der Waals surface area contributed by atoms with Gasteiger partial charge in [-0.2, -0.15) is 0 Å². The Kier molecular flexibility index (Phi) is 2.91. The van der Waals surface area contributed by atoms with Crippen LogP contribution in [0.4, 0.5) is 4.39 Å². The van der Waals surface area contributed by atoms with E-state index in [-0.39, 0.29) is 0 Å². The zero-order valence-corrected chi connectivity index (χ0v) is 7.70. The fraction of sp³-hybridized carbons (Fsp3) is 1.00. The average Bonchev–Trinajstić information content (AvgIpc) is 2.10. The van der Waals surface area contributed by atoms with Crippen LogP contribution < -0.4 is 0 Å². The van der Waals surface area contributed by atoms with Crippen molar-refractivity contribution in [1.82, 2.24) is 0 Å². The summed E-state index contributed by atoms with van der Waals surface area (Å²) in [5.41, 5.74) is -0.940. The lowest BCUT2D eigenvalue weighted by atomic mass is 9.86. The van der Waals surface area contributed by atoms with E-state index in [2.05, 4.69) is 0 Å². The Morgan fingerprint density at radius 1 is 1.00 bits per heavy atom. The van der Waals surface area contributed by atoms with E-state index in [9.17, 15) is 4.39 Å². The molecule has 0 unspecified atom stereocenters. The fourth-order valence-electron chi connectivity index (χ4n) is 1.97. The molecule has 1 aliphatic carbocycles. The van der Waals surface area contributed by atoms with Crippen molar-refractivity contribution in [1.29, 1.82) is 0 Å². The summed E-state index contributed by atoms with van der Waals surface area (Å²) in [6, 6.07) is 0. The van der Waals surface area contributed by atoms with E-state index in [4.69, 9.17) is 0 Å². The summed E-state index contributed by atoms with van der Waals surface area (Å²) in [6.07, 6.45) is 7.29. The Labute approximate surface area is 69.2 Å². The highest BCUT2D eigenvalue weighted by atomic mass is 19.1. The second-order valence-corrected chi connectivity index (χ2v) is 4.25. The number of hydrogen-bond acceptors (Lipinski definition) is 0. The average molecular weight is 158 g/mol. The maximum absolute atomic E-state index is 13.5. The van der Waals surface area contributed by atoms with Crippen LogP contribution in [0.2, 0.25) is 0 Å². The molecule has 1 saturated carbocycles. The Morgan fingerprint density at radius 3 is 1.82 bits per heavy atom. The highest BCUT2D eigenvalue weighted by molar-refractivity contribution is 4.79. The summed E-state index contributed by atoms with van der Waals surface area (Å²) < 4.78 is 13.5. The molecule has 0 nitrogen and oxygen atoms in total. The minimum atomic E-state index is -0.940. The Morgan fingerprint density at radius 2 is 1.45 bits per heavy atom. The molecular formula is C10H19F. The molecule has 1 rings (SSSR count). The number of hydrogen-bond donors (Lipinski definition) is 0. The maximum atomic E-state index is 13.5. The Balaban J connectivity index is 2.43. The lowest BCUT2D eigenvalue weighted by Gasteiger charge is -2.25. The van der Waals surface area contributed by atoms with Gasteiger partial charge in [-0.05, 0) is 32.6 Å². The van der Waals surface area contributed by atoms with Crippen LogP contribution in [0.25, 0.3) is 0 Å². The van der Waals surface area contributed by atoms with Crippen molar-refractivity contribution in [2.75, 3.05) is 0 Å². The first-order valence-corrected chi connectivity index (χ1v) is 4.79. The van der Waals surface area contributed by atoms with E-state index in [1.54, 1.807) is 13.8 Å². The van der Waals surface area contributed by atoms with Crippen molar-refractivity contribution in [3.05, 3.63) is 0 Å². The standard InChI is InChI=1S/C10H19F/c1-10(2,11)9-7-5-3-4-6-8-9/h9H,3-8H2,1-2H3. The van der Waals surface area contributed by atoms with Crippen LogP contribution in [-0.2, 0) is 0 Å². The molecule has 0 spiro atoms. The van der Waals surface area contributed by atoms with Crippen molar-refractivity contribution in [3.8, 4) is 0 Å². The Bertz CT molecular complexity index is 105. The number of halogens is 1. The van der Waals surface area contributed by atoms with Gasteiger partial charge in [0.2, 0.25) is 0 Å². The SMILES string of the molecule is CC(C)(F)C1CCCCCC1. The van der Waals surface area contributed by atoms with Gasteiger partial charge in [0.1, 0.15) is 5.67 Å². The van der Waals surface area contributed by atoms with Gasteiger partial charge in [0, 0.05) is 0 Å². The topological polar surface area (TPSA) is 0 Å². The third-order valence-corrected chi connectivity index (χ3v) is 2.83. The van der Waals surface area contributed by atoms with Crippen LogP contribution in [0, 0.1) is 5.92 Å². The highest BCUT2D eigenvalue weighted by Crippen LogP contribution is 2.33. The van der Waals surface area contributed by atoms with Gasteiger partial charge in [0.15, 0.2) is 0 Å². The summed E-state index contributed by atoms with van der Waals surface area (Å²) >= 11 is 0. The van der Waals surface area contributed by atoms with Gasteiger partial charge in [-0.15, -0.1) is 0 Å². The highest BCUT2D eigenvalue weighted by Gasteiger charge is 2.28. The molecule has 11 heavy (non-hydrogen) atoms. The first-order valence-electron chi connectivity index (χ1n) is 4.79. The first kappa shape index (κ1) is 9.02. The smallest absolute Gasteiger partial charge is 0.108 e. The second kappa shape index (κ2) is 3.55. The molecule has 0 atom stereocenters. The van der Waals surface area contributed by atoms with Gasteiger partial charge in [-0.25, -0.2) is 4.39 Å². The molecule has 1 heteroatoms. The minimum absolute atomic E-state index is 0.324. The van der Waals surface area contributed by atoms with E-state index in [0.29, 0.717) is 5.92 Å². The predicted octanol–water partition coefficient (Wildman–Crippen LogP) is 3.70. The molecule has 0 aromatic rings. The van der Waals surface area contributed by atoms with E-state index in [1.165, 1.54) is 25.7 Å². The van der Waals surface area contributed by atoms with Gasteiger partial charge in [0.25, 0.3) is 0 Å². The minimum Gasteiger partial charge on any atom is -0.244 e. The van der Waals surface area contributed by atoms with Crippen molar-refractivity contribution in [2.24, 2.45) is 5.92 Å². The zero-order valence-electron chi connectivity index (χ0n) is 7.70. The molecule has 0 heterocycles. The molecule has 0 saturated heterocycles. The van der Waals surface area contributed by atoms with Gasteiger partial charge in [0.05, 0.1) is 0 Å². The van der Waals surface area contributed by atoms with Crippen molar-refractivity contribution >= 4 is 0 Å². The van der Waals surface area contributed by atoms with Crippen molar-refractivity contribution in [2.45, 2.75) is 58.0 Å². The van der Waals surface area contributed by atoms with Crippen molar-refractivity contribution in [3.63, 3.8) is 0 Å². The lowest BCUT2D eigenvalue weighted by Crippen LogP contribution is -2.25. The number of alkyl halides is 1. The molecule has 0 aromatic heterocycles. The van der Waals surface area contributed by atoms with Gasteiger partial charge < -0.3 is 0 Å². The maximum Gasteiger partial charge on any atom is 0.108 e. The third-order valence-electron chi connectivity index (χ3n) is 2.83. The van der Waals surface area contributed by atoms with Gasteiger partial charge in [-0.3, -0.25) is 0 Å². The Hall–Kier alpha value is -0.0700. The molecule has 1 aliphatic rings. The van der Waals surface area contributed by atoms with E-state index in [0.717, 1.165) is 12.8 Å². The molecule has 66 valence electrons. The molecule has 0 amide bonds. The van der Waals surface area contributed by atoms with E-state index in [1.807, 2.05) is 0 Å². The summed E-state index contributed by atoms with van der Waals surface area (Å²) in [5.74, 6) is 0.324. The molecule has 1 fully saturated rings. The third kappa shape index (κ3) is 2.80. The molecule has 0 aliphatic heterocycles. The molecule has 0 N–H and O–H groups in total. The van der Waals surface area contributed by atoms with E-state index >= 15 is 0 Å². The van der Waals surface area contributed by atoms with Crippen molar-refractivity contribution < 1.29 is 4.39 Å². The monoisotopic (exact) mass is 158 g/mol. The zero-order chi connectivity index (χ0) is 8.32. The summed E-state index contributed by atoms with van der Waals surface area (Å²) in [5, 5.41) is 0. The quantitative estimate of drug-likeness (QED) is 0.510. The second-order valence-electron chi connectivity index (χ2n) is 4.25. The molecule has 0 aromatic carbocycles. The molecule has 0 radical (unpaired) electrons. The molecular weight excluding hydrogens is 139 g/mol. The van der Waals surface area contributed by atoms with Crippen LogP contribution in [0.5, 0.6) is 0 Å². The van der Waals surface area contributed by atoms with Crippen LogP contribution in [-0.4, -0.2) is 5.67 Å². The molecule has 0 bridgehead atoms.